The lowest BCUT2D eigenvalue weighted by Gasteiger charge is -2.11. The monoisotopic (exact) mass is 464 g/mol. The standard InChI is InChI=1S/C25H28N4O3S/c1-3-4-5-6-7-8-15-32-20-10-9-18(16-21(20)31-2)17-22-24(30)29-25(33-22)27-23(28-29)19-11-13-26-14-12-19/h9-14,16-17H,3-8,15H2,1-2H3/b22-17-. The van der Waals surface area contributed by atoms with Crippen molar-refractivity contribution in [3.8, 4) is 22.9 Å². The first-order valence-electron chi connectivity index (χ1n) is 11.3. The number of aromatic nitrogens is 4. The molecule has 0 fully saturated rings. The lowest BCUT2D eigenvalue weighted by atomic mass is 10.1. The Balaban J connectivity index is 1.47. The number of ether oxygens (including phenoxy) is 2. The zero-order valence-corrected chi connectivity index (χ0v) is 19.8. The van der Waals surface area contributed by atoms with Crippen molar-refractivity contribution in [1.82, 2.24) is 19.6 Å². The number of unbranched alkanes of at least 4 members (excludes halogenated alkanes) is 5. The van der Waals surface area contributed by atoms with Gasteiger partial charge in [0.1, 0.15) is 0 Å². The number of pyridine rings is 1. The maximum Gasteiger partial charge on any atom is 0.291 e. The molecule has 0 aliphatic carbocycles. The summed E-state index contributed by atoms with van der Waals surface area (Å²) in [6.07, 6.45) is 12.5. The van der Waals surface area contributed by atoms with E-state index in [1.54, 1.807) is 19.5 Å². The van der Waals surface area contributed by atoms with Crippen LogP contribution in [0.2, 0.25) is 0 Å². The molecule has 0 amide bonds. The largest absolute Gasteiger partial charge is 0.493 e. The SMILES string of the molecule is CCCCCCCCOc1ccc(/C=c2\sc3nc(-c4ccncc4)nn3c2=O)cc1OC. The third kappa shape index (κ3) is 5.57. The predicted octanol–water partition coefficient (Wildman–Crippen LogP) is 4.51. The smallest absolute Gasteiger partial charge is 0.291 e. The Hall–Kier alpha value is -3.26. The molecular weight excluding hydrogens is 436 g/mol. The Morgan fingerprint density at radius 2 is 1.82 bits per heavy atom. The fraction of sp³-hybridized carbons (Fsp3) is 0.360. The maximum atomic E-state index is 12.8. The summed E-state index contributed by atoms with van der Waals surface area (Å²) < 4.78 is 13.4. The van der Waals surface area contributed by atoms with E-state index >= 15 is 0 Å². The van der Waals surface area contributed by atoms with Crippen LogP contribution in [0.1, 0.15) is 51.0 Å². The van der Waals surface area contributed by atoms with Crippen LogP contribution in [0.3, 0.4) is 0 Å². The molecule has 4 rings (SSSR count). The van der Waals surface area contributed by atoms with E-state index in [0.29, 0.717) is 27.7 Å². The van der Waals surface area contributed by atoms with Crippen molar-refractivity contribution < 1.29 is 9.47 Å². The molecule has 0 saturated heterocycles. The fourth-order valence-electron chi connectivity index (χ4n) is 3.57. The fourth-order valence-corrected chi connectivity index (χ4v) is 4.47. The van der Waals surface area contributed by atoms with Crippen LogP contribution in [0.15, 0.2) is 47.5 Å². The molecule has 0 spiro atoms. The van der Waals surface area contributed by atoms with E-state index in [0.717, 1.165) is 23.3 Å². The summed E-state index contributed by atoms with van der Waals surface area (Å²) in [4.78, 5) is 21.9. The van der Waals surface area contributed by atoms with E-state index in [1.807, 2.05) is 36.4 Å². The number of thiazole rings is 1. The van der Waals surface area contributed by atoms with Gasteiger partial charge >= 0.3 is 0 Å². The molecule has 1 aromatic carbocycles. The van der Waals surface area contributed by atoms with Gasteiger partial charge in [0.2, 0.25) is 4.96 Å². The first-order chi connectivity index (χ1) is 16.2. The summed E-state index contributed by atoms with van der Waals surface area (Å²) in [5.74, 6) is 1.89. The molecule has 0 atom stereocenters. The Morgan fingerprint density at radius 3 is 2.58 bits per heavy atom. The van der Waals surface area contributed by atoms with Crippen molar-refractivity contribution in [2.75, 3.05) is 13.7 Å². The third-order valence-electron chi connectivity index (χ3n) is 5.36. The zero-order valence-electron chi connectivity index (χ0n) is 19.0. The van der Waals surface area contributed by atoms with Crippen molar-refractivity contribution in [3.63, 3.8) is 0 Å². The van der Waals surface area contributed by atoms with Gasteiger partial charge < -0.3 is 9.47 Å². The van der Waals surface area contributed by atoms with Gasteiger partial charge in [-0.05, 0) is 42.3 Å². The summed E-state index contributed by atoms with van der Waals surface area (Å²) in [5, 5.41) is 4.37. The van der Waals surface area contributed by atoms with Gasteiger partial charge in [-0.25, -0.2) is 0 Å². The molecule has 0 saturated carbocycles. The van der Waals surface area contributed by atoms with E-state index in [2.05, 4.69) is 22.0 Å². The number of nitrogens with zero attached hydrogens (tertiary/aromatic N) is 4. The van der Waals surface area contributed by atoms with Crippen LogP contribution in [-0.4, -0.2) is 33.3 Å². The Morgan fingerprint density at radius 1 is 1.03 bits per heavy atom. The van der Waals surface area contributed by atoms with Crippen LogP contribution in [0.4, 0.5) is 0 Å². The van der Waals surface area contributed by atoms with Crippen LogP contribution in [-0.2, 0) is 0 Å². The molecular formula is C25H28N4O3S. The van der Waals surface area contributed by atoms with Gasteiger partial charge in [0.05, 0.1) is 18.2 Å². The minimum atomic E-state index is -0.190. The highest BCUT2D eigenvalue weighted by Gasteiger charge is 2.12. The van der Waals surface area contributed by atoms with E-state index in [4.69, 9.17) is 9.47 Å². The normalized spacial score (nSPS) is 11.9. The Kier molecular flexibility index (Phi) is 7.67. The molecule has 7 nitrogen and oxygen atoms in total. The molecule has 4 aromatic rings. The first-order valence-corrected chi connectivity index (χ1v) is 12.1. The van der Waals surface area contributed by atoms with Crippen LogP contribution in [0.5, 0.6) is 11.5 Å². The van der Waals surface area contributed by atoms with Crippen molar-refractivity contribution in [3.05, 3.63) is 63.2 Å². The minimum Gasteiger partial charge on any atom is -0.493 e. The van der Waals surface area contributed by atoms with Gasteiger partial charge in [-0.2, -0.15) is 9.50 Å². The second kappa shape index (κ2) is 11.0. The summed E-state index contributed by atoms with van der Waals surface area (Å²) >= 11 is 1.31. The molecule has 0 bridgehead atoms. The second-order valence-electron chi connectivity index (χ2n) is 7.81. The second-order valence-corrected chi connectivity index (χ2v) is 8.82. The van der Waals surface area contributed by atoms with Crippen LogP contribution in [0, 0.1) is 0 Å². The lowest BCUT2D eigenvalue weighted by Crippen LogP contribution is -2.23. The molecule has 8 heteroatoms. The predicted molar refractivity (Wildman–Crippen MR) is 131 cm³/mol. The van der Waals surface area contributed by atoms with Gasteiger partial charge in [0.15, 0.2) is 17.3 Å². The van der Waals surface area contributed by atoms with Gasteiger partial charge in [0.25, 0.3) is 5.56 Å². The topological polar surface area (TPSA) is 78.6 Å². The molecule has 0 aliphatic heterocycles. The quantitative estimate of drug-likeness (QED) is 0.304. The summed E-state index contributed by atoms with van der Waals surface area (Å²) in [6, 6.07) is 9.34. The van der Waals surface area contributed by atoms with E-state index < -0.39 is 0 Å². The van der Waals surface area contributed by atoms with E-state index in [1.165, 1.54) is 48.0 Å². The van der Waals surface area contributed by atoms with Gasteiger partial charge in [-0.15, -0.1) is 5.10 Å². The van der Waals surface area contributed by atoms with Crippen LogP contribution >= 0.6 is 11.3 Å². The Bertz CT molecular complexity index is 1300. The number of hydrogen-bond acceptors (Lipinski definition) is 7. The molecule has 33 heavy (non-hydrogen) atoms. The molecule has 172 valence electrons. The number of hydrogen-bond donors (Lipinski definition) is 0. The summed E-state index contributed by atoms with van der Waals surface area (Å²) in [5.41, 5.74) is 1.49. The van der Waals surface area contributed by atoms with Crippen molar-refractivity contribution in [1.29, 1.82) is 0 Å². The number of fused-ring (bicyclic) bond motifs is 1. The number of rotatable bonds is 11. The highest BCUT2D eigenvalue weighted by molar-refractivity contribution is 7.15. The molecule has 3 heterocycles. The van der Waals surface area contributed by atoms with Crippen molar-refractivity contribution in [2.24, 2.45) is 0 Å². The average molecular weight is 465 g/mol. The van der Waals surface area contributed by atoms with Gasteiger partial charge in [-0.1, -0.05) is 56.4 Å². The third-order valence-corrected chi connectivity index (χ3v) is 6.32. The first kappa shape index (κ1) is 22.9. The highest BCUT2D eigenvalue weighted by Crippen LogP contribution is 2.28. The zero-order chi connectivity index (χ0) is 23.0. The van der Waals surface area contributed by atoms with Gasteiger partial charge in [-0.3, -0.25) is 9.78 Å². The molecule has 3 aromatic heterocycles. The molecule has 0 radical (unpaired) electrons. The molecule has 0 N–H and O–H groups in total. The highest BCUT2D eigenvalue weighted by atomic mass is 32.1. The molecule has 0 aliphatic rings. The maximum absolute atomic E-state index is 12.8. The number of benzene rings is 1. The van der Waals surface area contributed by atoms with Crippen LogP contribution < -0.4 is 19.6 Å². The molecule has 0 unspecified atom stereocenters. The minimum absolute atomic E-state index is 0.190. The average Bonchev–Trinajstić information content (AvgIpc) is 3.39. The van der Waals surface area contributed by atoms with E-state index in [9.17, 15) is 4.79 Å². The van der Waals surface area contributed by atoms with E-state index in [-0.39, 0.29) is 5.56 Å². The number of methoxy groups -OCH3 is 1. The summed E-state index contributed by atoms with van der Waals surface area (Å²) in [6.45, 7) is 2.89. The Labute approximate surface area is 196 Å². The summed E-state index contributed by atoms with van der Waals surface area (Å²) in [7, 11) is 1.62. The van der Waals surface area contributed by atoms with Gasteiger partial charge in [0, 0.05) is 18.0 Å². The van der Waals surface area contributed by atoms with Crippen molar-refractivity contribution in [2.45, 2.75) is 45.4 Å². The van der Waals surface area contributed by atoms with Crippen LogP contribution in [0.25, 0.3) is 22.4 Å². The lowest BCUT2D eigenvalue weighted by molar-refractivity contribution is 0.284. The van der Waals surface area contributed by atoms with Crippen molar-refractivity contribution >= 4 is 22.4 Å².